The Morgan fingerprint density at radius 3 is 2.77 bits per heavy atom. The Hall–Kier alpha value is -1.40. The fourth-order valence-corrected chi connectivity index (χ4v) is 4.03. The van der Waals surface area contributed by atoms with Crippen LogP contribution in [0.4, 0.5) is 9.93 Å². The largest absolute Gasteiger partial charge is 0.324 e. The standard InChI is InChI=1S/C16H24N4OS/c1-2-5-14-12-17-15(22-14)18-16(21)20-10-6-13(7-11-20)19-8-3-4-9-19/h3-4,12-13H,2,5-11H2,1H3,(H,17,18,21). The van der Waals surface area contributed by atoms with Crippen LogP contribution in [-0.2, 0) is 6.42 Å². The lowest BCUT2D eigenvalue weighted by Gasteiger charge is -2.36. The molecule has 0 saturated carbocycles. The van der Waals surface area contributed by atoms with Crippen LogP contribution in [0, 0.1) is 0 Å². The molecule has 3 rings (SSSR count). The molecule has 2 amide bonds. The van der Waals surface area contributed by atoms with E-state index in [1.165, 1.54) is 4.88 Å². The van der Waals surface area contributed by atoms with E-state index in [-0.39, 0.29) is 6.03 Å². The zero-order valence-electron chi connectivity index (χ0n) is 13.1. The Balaban J connectivity index is 1.46. The molecule has 2 aliphatic rings. The van der Waals surface area contributed by atoms with Gasteiger partial charge in [0.05, 0.1) is 0 Å². The van der Waals surface area contributed by atoms with Gasteiger partial charge in [-0.05, 0) is 19.3 Å². The van der Waals surface area contributed by atoms with Gasteiger partial charge in [-0.25, -0.2) is 9.78 Å². The molecule has 0 unspecified atom stereocenters. The number of carbonyl (C=O) groups is 1. The number of aryl methyl sites for hydroxylation is 1. The minimum Gasteiger partial charge on any atom is -0.324 e. The first-order valence-electron chi connectivity index (χ1n) is 8.16. The second-order valence-electron chi connectivity index (χ2n) is 5.96. The fraction of sp³-hybridized carbons (Fsp3) is 0.625. The molecule has 1 aromatic heterocycles. The van der Waals surface area contributed by atoms with Gasteiger partial charge in [0.25, 0.3) is 0 Å². The molecule has 0 radical (unpaired) electrons. The lowest BCUT2D eigenvalue weighted by Crippen LogP contribution is -2.47. The van der Waals surface area contributed by atoms with Crippen molar-refractivity contribution in [1.29, 1.82) is 0 Å². The molecule has 0 aliphatic carbocycles. The van der Waals surface area contributed by atoms with Gasteiger partial charge >= 0.3 is 6.03 Å². The van der Waals surface area contributed by atoms with E-state index >= 15 is 0 Å². The van der Waals surface area contributed by atoms with E-state index < -0.39 is 0 Å². The summed E-state index contributed by atoms with van der Waals surface area (Å²) < 4.78 is 0. The molecule has 22 heavy (non-hydrogen) atoms. The molecule has 1 saturated heterocycles. The van der Waals surface area contributed by atoms with Gasteiger partial charge in [0.1, 0.15) is 0 Å². The average molecular weight is 320 g/mol. The van der Waals surface area contributed by atoms with E-state index in [2.05, 4.69) is 34.3 Å². The Kier molecular flexibility index (Phi) is 5.10. The number of thiazole rings is 1. The van der Waals surface area contributed by atoms with Crippen LogP contribution in [0.3, 0.4) is 0 Å². The second kappa shape index (κ2) is 7.24. The number of hydrogen-bond donors (Lipinski definition) is 1. The number of rotatable bonds is 4. The van der Waals surface area contributed by atoms with Crippen molar-refractivity contribution in [3.05, 3.63) is 23.2 Å². The number of anilines is 1. The average Bonchev–Trinajstić information content (AvgIpc) is 3.20. The van der Waals surface area contributed by atoms with Gasteiger partial charge in [0, 0.05) is 43.3 Å². The topological polar surface area (TPSA) is 48.5 Å². The summed E-state index contributed by atoms with van der Waals surface area (Å²) in [6.07, 6.45) is 10.6. The van der Waals surface area contributed by atoms with E-state index in [0.29, 0.717) is 6.04 Å². The summed E-state index contributed by atoms with van der Waals surface area (Å²) in [5.74, 6) is 0. The van der Waals surface area contributed by atoms with Crippen molar-refractivity contribution in [3.8, 4) is 0 Å². The highest BCUT2D eigenvalue weighted by Crippen LogP contribution is 2.22. The van der Waals surface area contributed by atoms with Crippen LogP contribution in [-0.4, -0.2) is 53.0 Å². The van der Waals surface area contributed by atoms with Crippen molar-refractivity contribution >= 4 is 22.5 Å². The molecule has 1 fully saturated rings. The Bertz CT molecular complexity index is 526. The van der Waals surface area contributed by atoms with Gasteiger partial charge in [-0.2, -0.15) is 0 Å². The lowest BCUT2D eigenvalue weighted by atomic mass is 10.0. The van der Waals surface area contributed by atoms with Crippen LogP contribution in [0.1, 0.15) is 31.1 Å². The third-order valence-electron chi connectivity index (χ3n) is 4.38. The number of likely N-dealkylation sites (tertiary alicyclic amines) is 1. The van der Waals surface area contributed by atoms with Crippen LogP contribution in [0.25, 0.3) is 0 Å². The Labute approximate surface area is 136 Å². The molecule has 0 atom stereocenters. The summed E-state index contributed by atoms with van der Waals surface area (Å²) in [5.41, 5.74) is 0. The molecule has 120 valence electrons. The summed E-state index contributed by atoms with van der Waals surface area (Å²) >= 11 is 1.58. The first-order chi connectivity index (χ1) is 10.8. The van der Waals surface area contributed by atoms with Gasteiger partial charge in [0.2, 0.25) is 0 Å². The fourth-order valence-electron chi connectivity index (χ4n) is 3.12. The third-order valence-corrected chi connectivity index (χ3v) is 5.35. The van der Waals surface area contributed by atoms with E-state index in [4.69, 9.17) is 0 Å². The number of carbonyl (C=O) groups excluding carboxylic acids is 1. The van der Waals surface area contributed by atoms with Crippen LogP contribution in [0.5, 0.6) is 0 Å². The van der Waals surface area contributed by atoms with Gasteiger partial charge in [0.15, 0.2) is 5.13 Å². The quantitative estimate of drug-likeness (QED) is 0.868. The van der Waals surface area contributed by atoms with E-state index in [9.17, 15) is 4.79 Å². The van der Waals surface area contributed by atoms with E-state index in [1.807, 2.05) is 11.1 Å². The highest BCUT2D eigenvalue weighted by Gasteiger charge is 2.27. The van der Waals surface area contributed by atoms with Crippen LogP contribution >= 0.6 is 11.3 Å². The lowest BCUT2D eigenvalue weighted by molar-refractivity contribution is 0.144. The zero-order valence-corrected chi connectivity index (χ0v) is 13.9. The van der Waals surface area contributed by atoms with Gasteiger partial charge < -0.3 is 4.90 Å². The van der Waals surface area contributed by atoms with Gasteiger partial charge in [-0.1, -0.05) is 25.5 Å². The highest BCUT2D eigenvalue weighted by atomic mass is 32.1. The number of nitrogens with one attached hydrogen (secondary N) is 1. The van der Waals surface area contributed by atoms with E-state index in [1.54, 1.807) is 11.3 Å². The Morgan fingerprint density at radius 2 is 2.09 bits per heavy atom. The summed E-state index contributed by atoms with van der Waals surface area (Å²) in [5, 5.41) is 3.66. The number of piperidine rings is 1. The number of nitrogens with zero attached hydrogens (tertiary/aromatic N) is 3. The van der Waals surface area contributed by atoms with E-state index in [0.717, 1.165) is 57.0 Å². The summed E-state index contributed by atoms with van der Waals surface area (Å²) in [7, 11) is 0. The third kappa shape index (κ3) is 3.67. The molecule has 3 heterocycles. The van der Waals surface area contributed by atoms with Gasteiger partial charge in [-0.15, -0.1) is 11.3 Å². The van der Waals surface area contributed by atoms with Crippen molar-refractivity contribution in [3.63, 3.8) is 0 Å². The molecule has 2 aliphatic heterocycles. The molecule has 6 heteroatoms. The van der Waals surface area contributed by atoms with Crippen LogP contribution in [0.15, 0.2) is 18.3 Å². The number of urea groups is 1. The molecule has 1 aromatic rings. The first-order valence-corrected chi connectivity index (χ1v) is 8.97. The van der Waals surface area contributed by atoms with Gasteiger partial charge in [-0.3, -0.25) is 10.2 Å². The maximum Gasteiger partial charge on any atom is 0.323 e. The first kappa shape index (κ1) is 15.5. The van der Waals surface area contributed by atoms with Crippen molar-refractivity contribution < 1.29 is 4.79 Å². The molecule has 1 N–H and O–H groups in total. The van der Waals surface area contributed by atoms with Crippen molar-refractivity contribution in [2.24, 2.45) is 0 Å². The molecular formula is C16H24N4OS. The summed E-state index contributed by atoms with van der Waals surface area (Å²) in [6, 6.07) is 0.616. The highest BCUT2D eigenvalue weighted by molar-refractivity contribution is 7.15. The van der Waals surface area contributed by atoms with Crippen molar-refractivity contribution in [2.75, 3.05) is 31.5 Å². The monoisotopic (exact) mass is 320 g/mol. The smallest absolute Gasteiger partial charge is 0.323 e. The molecule has 0 aromatic carbocycles. The summed E-state index contributed by atoms with van der Waals surface area (Å²) in [6.45, 7) is 5.95. The maximum absolute atomic E-state index is 12.3. The zero-order chi connectivity index (χ0) is 15.4. The normalized spacial score (nSPS) is 19.8. The van der Waals surface area contributed by atoms with Crippen LogP contribution < -0.4 is 5.32 Å². The minimum atomic E-state index is -0.00426. The number of amides is 2. The predicted molar refractivity (Wildman–Crippen MR) is 90.4 cm³/mol. The van der Waals surface area contributed by atoms with Crippen LogP contribution in [0.2, 0.25) is 0 Å². The number of hydrogen-bond acceptors (Lipinski definition) is 4. The number of aromatic nitrogens is 1. The molecular weight excluding hydrogens is 296 g/mol. The summed E-state index contributed by atoms with van der Waals surface area (Å²) in [4.78, 5) is 22.3. The predicted octanol–water partition coefficient (Wildman–Crippen LogP) is 2.96. The SMILES string of the molecule is CCCc1cnc(NC(=O)N2CCC(N3CC=CC3)CC2)s1. The Morgan fingerprint density at radius 1 is 1.36 bits per heavy atom. The second-order valence-corrected chi connectivity index (χ2v) is 7.07. The molecule has 0 spiro atoms. The molecule has 5 nitrogen and oxygen atoms in total. The minimum absolute atomic E-state index is 0.00426. The molecule has 0 bridgehead atoms. The van der Waals surface area contributed by atoms with Crippen molar-refractivity contribution in [2.45, 2.75) is 38.6 Å². The maximum atomic E-state index is 12.3. The van der Waals surface area contributed by atoms with Crippen molar-refractivity contribution in [1.82, 2.24) is 14.8 Å².